The van der Waals surface area contributed by atoms with Crippen LogP contribution in [0, 0.1) is 11.8 Å². The Morgan fingerprint density at radius 3 is 2.61 bits per heavy atom. The average Bonchev–Trinajstić information content (AvgIpc) is 2.85. The van der Waals surface area contributed by atoms with Crippen LogP contribution in [0.2, 0.25) is 0 Å². The first kappa shape index (κ1) is 12.5. The van der Waals surface area contributed by atoms with E-state index in [0.29, 0.717) is 5.92 Å². The average molecular weight is 263 g/mol. The molecule has 0 spiro atoms. The van der Waals surface area contributed by atoms with Gasteiger partial charge in [-0.1, -0.05) is 49.9 Å². The van der Waals surface area contributed by atoms with Gasteiger partial charge in [-0.2, -0.15) is 0 Å². The van der Waals surface area contributed by atoms with Crippen molar-refractivity contribution in [1.29, 1.82) is 0 Å². The van der Waals surface area contributed by atoms with Crippen molar-refractivity contribution in [2.24, 2.45) is 11.8 Å². The molecule has 3 rings (SSSR count). The van der Waals surface area contributed by atoms with Crippen LogP contribution in [0.4, 0.5) is 0 Å². The smallest absolute Gasteiger partial charge is 0.0616 e. The molecule has 0 N–H and O–H groups in total. The van der Waals surface area contributed by atoms with E-state index in [2.05, 4.69) is 24.3 Å². The van der Waals surface area contributed by atoms with E-state index in [4.69, 9.17) is 11.6 Å². The maximum atomic E-state index is 6.80. The maximum Gasteiger partial charge on any atom is 0.0616 e. The van der Waals surface area contributed by atoms with Crippen molar-refractivity contribution >= 4 is 11.6 Å². The highest BCUT2D eigenvalue weighted by Crippen LogP contribution is 2.43. The summed E-state index contributed by atoms with van der Waals surface area (Å²) >= 11 is 6.80. The predicted octanol–water partition coefficient (Wildman–Crippen LogP) is 5.50. The minimum atomic E-state index is 0.254. The Hall–Kier alpha value is -0.490. The van der Waals surface area contributed by atoms with Gasteiger partial charge in [0.2, 0.25) is 0 Å². The van der Waals surface area contributed by atoms with E-state index in [1.165, 1.54) is 62.5 Å². The third-order valence-corrected chi connectivity index (χ3v) is 5.49. The van der Waals surface area contributed by atoms with Gasteiger partial charge in [0, 0.05) is 0 Å². The number of rotatable bonds is 2. The normalized spacial score (nSPS) is 28.9. The number of fused-ring (bicyclic) bond motifs is 1. The molecule has 1 fully saturated rings. The van der Waals surface area contributed by atoms with Gasteiger partial charge in [0.1, 0.15) is 0 Å². The third kappa shape index (κ3) is 2.59. The molecule has 1 aromatic carbocycles. The molecule has 0 saturated heterocycles. The van der Waals surface area contributed by atoms with Crippen molar-refractivity contribution in [2.45, 2.75) is 56.7 Å². The highest BCUT2D eigenvalue weighted by molar-refractivity contribution is 6.21. The maximum absolute atomic E-state index is 6.80. The highest BCUT2D eigenvalue weighted by Gasteiger charge is 2.29. The van der Waals surface area contributed by atoms with Gasteiger partial charge in [-0.05, 0) is 48.6 Å². The van der Waals surface area contributed by atoms with Gasteiger partial charge in [-0.25, -0.2) is 0 Å². The van der Waals surface area contributed by atoms with Crippen molar-refractivity contribution in [3.63, 3.8) is 0 Å². The number of alkyl halides is 1. The molecule has 0 bridgehead atoms. The van der Waals surface area contributed by atoms with Crippen molar-refractivity contribution < 1.29 is 0 Å². The fourth-order valence-corrected chi connectivity index (χ4v) is 4.34. The van der Waals surface area contributed by atoms with E-state index in [-0.39, 0.29) is 5.38 Å². The first-order valence-electron chi connectivity index (χ1n) is 7.56. The molecule has 0 nitrogen and oxygen atoms in total. The van der Waals surface area contributed by atoms with Crippen molar-refractivity contribution in [3.05, 3.63) is 35.4 Å². The van der Waals surface area contributed by atoms with E-state index in [0.717, 1.165) is 5.92 Å². The molecule has 2 unspecified atom stereocenters. The van der Waals surface area contributed by atoms with E-state index in [9.17, 15) is 0 Å². The van der Waals surface area contributed by atoms with Crippen LogP contribution in [0.25, 0.3) is 0 Å². The van der Waals surface area contributed by atoms with Gasteiger partial charge in [-0.15, -0.1) is 11.6 Å². The van der Waals surface area contributed by atoms with Crippen LogP contribution in [-0.2, 0) is 6.42 Å². The molecule has 0 heterocycles. The van der Waals surface area contributed by atoms with Crippen LogP contribution in [0.5, 0.6) is 0 Å². The fourth-order valence-electron chi connectivity index (χ4n) is 3.90. The Kier molecular flexibility index (Phi) is 3.94. The van der Waals surface area contributed by atoms with Gasteiger partial charge in [0.15, 0.2) is 0 Å². The Balaban J connectivity index is 1.76. The van der Waals surface area contributed by atoms with Gasteiger partial charge in [0.05, 0.1) is 5.38 Å². The summed E-state index contributed by atoms with van der Waals surface area (Å²) in [4.78, 5) is 0. The summed E-state index contributed by atoms with van der Waals surface area (Å²) in [6, 6.07) is 8.81. The summed E-state index contributed by atoms with van der Waals surface area (Å²) in [5.41, 5.74) is 2.91. The van der Waals surface area contributed by atoms with Crippen molar-refractivity contribution in [2.75, 3.05) is 0 Å². The summed E-state index contributed by atoms with van der Waals surface area (Å²) in [5, 5.41) is 0.254. The number of benzene rings is 1. The first-order valence-corrected chi connectivity index (χ1v) is 8.00. The molecule has 18 heavy (non-hydrogen) atoms. The van der Waals surface area contributed by atoms with Crippen LogP contribution >= 0.6 is 11.6 Å². The molecule has 1 saturated carbocycles. The van der Waals surface area contributed by atoms with E-state index < -0.39 is 0 Å². The summed E-state index contributed by atoms with van der Waals surface area (Å²) in [6.07, 6.45) is 11.0. The number of aryl methyl sites for hydroxylation is 1. The molecule has 98 valence electrons. The minimum absolute atomic E-state index is 0.254. The fraction of sp³-hybridized carbons (Fsp3) is 0.647. The molecular formula is C17H23Cl. The molecule has 2 aliphatic carbocycles. The third-order valence-electron chi connectivity index (χ3n) is 4.90. The standard InChI is InChI=1S/C17H23Cl/c18-17-15(12-13-6-1-2-7-13)10-5-9-14-8-3-4-11-16(14)17/h3-4,8,11,13,15,17H,1-2,5-7,9-10,12H2. The zero-order chi connectivity index (χ0) is 12.4. The van der Waals surface area contributed by atoms with Gasteiger partial charge < -0.3 is 0 Å². The van der Waals surface area contributed by atoms with E-state index in [1.54, 1.807) is 0 Å². The van der Waals surface area contributed by atoms with Gasteiger partial charge in [0.25, 0.3) is 0 Å². The Bertz CT molecular complexity index is 392. The molecule has 0 radical (unpaired) electrons. The van der Waals surface area contributed by atoms with Gasteiger partial charge >= 0.3 is 0 Å². The Morgan fingerprint density at radius 2 is 1.78 bits per heavy atom. The summed E-state index contributed by atoms with van der Waals surface area (Å²) < 4.78 is 0. The van der Waals surface area contributed by atoms with E-state index in [1.807, 2.05) is 0 Å². The molecule has 2 aliphatic rings. The lowest BCUT2D eigenvalue weighted by Crippen LogP contribution is -2.11. The minimum Gasteiger partial charge on any atom is -0.118 e. The number of halogens is 1. The summed E-state index contributed by atoms with van der Waals surface area (Å²) in [5.74, 6) is 1.67. The lowest BCUT2D eigenvalue weighted by molar-refractivity contribution is 0.347. The van der Waals surface area contributed by atoms with Crippen LogP contribution in [0.15, 0.2) is 24.3 Å². The monoisotopic (exact) mass is 262 g/mol. The molecule has 1 heteroatoms. The van der Waals surface area contributed by atoms with Crippen LogP contribution in [-0.4, -0.2) is 0 Å². The zero-order valence-electron chi connectivity index (χ0n) is 11.1. The summed E-state index contributed by atoms with van der Waals surface area (Å²) in [6.45, 7) is 0. The SMILES string of the molecule is ClC1c2ccccc2CCCC1CC1CCCC1. The van der Waals surface area contributed by atoms with E-state index >= 15 is 0 Å². The molecule has 0 aliphatic heterocycles. The lowest BCUT2D eigenvalue weighted by atomic mass is 9.86. The second kappa shape index (κ2) is 5.65. The summed E-state index contributed by atoms with van der Waals surface area (Å²) in [7, 11) is 0. The number of hydrogen-bond donors (Lipinski definition) is 0. The molecule has 0 aromatic heterocycles. The molecule has 2 atom stereocenters. The second-order valence-electron chi connectivity index (χ2n) is 6.14. The van der Waals surface area contributed by atoms with Crippen molar-refractivity contribution in [3.8, 4) is 0 Å². The zero-order valence-corrected chi connectivity index (χ0v) is 11.8. The molecule has 0 amide bonds. The van der Waals surface area contributed by atoms with Crippen LogP contribution < -0.4 is 0 Å². The largest absolute Gasteiger partial charge is 0.118 e. The second-order valence-corrected chi connectivity index (χ2v) is 6.61. The van der Waals surface area contributed by atoms with Gasteiger partial charge in [-0.3, -0.25) is 0 Å². The Morgan fingerprint density at radius 1 is 1.00 bits per heavy atom. The lowest BCUT2D eigenvalue weighted by Gasteiger charge is -2.24. The van der Waals surface area contributed by atoms with Crippen LogP contribution in [0.1, 0.15) is 61.4 Å². The predicted molar refractivity (Wildman–Crippen MR) is 78.0 cm³/mol. The van der Waals surface area contributed by atoms with Crippen LogP contribution in [0.3, 0.4) is 0 Å². The molecular weight excluding hydrogens is 240 g/mol. The quantitative estimate of drug-likeness (QED) is 0.488. The first-order chi connectivity index (χ1) is 8.84. The highest BCUT2D eigenvalue weighted by atomic mass is 35.5. The Labute approximate surface area is 116 Å². The molecule has 1 aromatic rings. The van der Waals surface area contributed by atoms with Crippen molar-refractivity contribution in [1.82, 2.24) is 0 Å². The topological polar surface area (TPSA) is 0 Å². The number of hydrogen-bond acceptors (Lipinski definition) is 0.